The first-order valence-electron chi connectivity index (χ1n) is 6.21. The van der Waals surface area contributed by atoms with Gasteiger partial charge in [-0.15, -0.1) is 0 Å². The second-order valence-electron chi connectivity index (χ2n) is 5.34. The van der Waals surface area contributed by atoms with Crippen LogP contribution in [0.2, 0.25) is 0 Å². The highest BCUT2D eigenvalue weighted by atomic mass is 79.9. The molecule has 1 saturated carbocycles. The van der Waals surface area contributed by atoms with Crippen LogP contribution in [-0.2, 0) is 0 Å². The molecule has 0 aromatic heterocycles. The van der Waals surface area contributed by atoms with Gasteiger partial charge in [-0.3, -0.25) is 0 Å². The average molecular weight is 298 g/mol. The maximum Gasteiger partial charge on any atom is 0.0869 e. The van der Waals surface area contributed by atoms with E-state index in [1.807, 2.05) is 24.3 Å². The summed E-state index contributed by atoms with van der Waals surface area (Å²) in [5.74, 6) is 0.663. The number of aliphatic hydroxyl groups excluding tert-OH is 1. The third kappa shape index (κ3) is 2.42. The lowest BCUT2D eigenvalue weighted by Crippen LogP contribution is -2.34. The predicted octanol–water partition coefficient (Wildman–Crippen LogP) is 3.25. The molecule has 0 bridgehead atoms. The Labute approximate surface area is 111 Å². The molecule has 1 aliphatic rings. The van der Waals surface area contributed by atoms with Crippen LogP contribution in [0.4, 0.5) is 0 Å². The lowest BCUT2D eigenvalue weighted by molar-refractivity contribution is 0.0302. The van der Waals surface area contributed by atoms with Crippen LogP contribution in [0, 0.1) is 11.3 Å². The Kier molecular flexibility index (Phi) is 3.91. The van der Waals surface area contributed by atoms with Crippen LogP contribution in [0.1, 0.15) is 37.9 Å². The molecule has 0 spiro atoms. The highest BCUT2D eigenvalue weighted by Gasteiger charge is 2.43. The molecule has 2 rings (SSSR count). The van der Waals surface area contributed by atoms with Gasteiger partial charge in [-0.2, -0.15) is 0 Å². The van der Waals surface area contributed by atoms with Crippen molar-refractivity contribution in [2.75, 3.05) is 6.54 Å². The molecule has 1 fully saturated rings. The first-order valence-corrected chi connectivity index (χ1v) is 7.01. The van der Waals surface area contributed by atoms with E-state index >= 15 is 0 Å². The summed E-state index contributed by atoms with van der Waals surface area (Å²) in [5, 5.41) is 10.7. The summed E-state index contributed by atoms with van der Waals surface area (Å²) in [6, 6.07) is 7.88. The fourth-order valence-electron chi connectivity index (χ4n) is 3.00. The summed E-state index contributed by atoms with van der Waals surface area (Å²) in [5.41, 5.74) is 6.77. The monoisotopic (exact) mass is 297 g/mol. The Morgan fingerprint density at radius 3 is 2.76 bits per heavy atom. The van der Waals surface area contributed by atoms with Crippen molar-refractivity contribution in [3.8, 4) is 0 Å². The number of aliphatic hydroxyl groups is 1. The van der Waals surface area contributed by atoms with Crippen LogP contribution in [0.3, 0.4) is 0 Å². The van der Waals surface area contributed by atoms with E-state index in [0.29, 0.717) is 12.5 Å². The maximum absolute atomic E-state index is 10.7. The molecule has 1 aromatic rings. The summed E-state index contributed by atoms with van der Waals surface area (Å²) >= 11 is 3.51. The lowest BCUT2D eigenvalue weighted by atomic mass is 9.77. The van der Waals surface area contributed by atoms with Crippen LogP contribution in [-0.4, -0.2) is 11.7 Å². The van der Waals surface area contributed by atoms with E-state index in [0.717, 1.165) is 22.9 Å². The summed E-state index contributed by atoms with van der Waals surface area (Å²) in [7, 11) is 0. The Morgan fingerprint density at radius 2 is 2.24 bits per heavy atom. The molecule has 1 aliphatic carbocycles. The fraction of sp³-hybridized carbons (Fsp3) is 0.571. The van der Waals surface area contributed by atoms with Crippen molar-refractivity contribution in [2.45, 2.75) is 32.3 Å². The molecule has 3 atom stereocenters. The Bertz CT molecular complexity index is 396. The predicted molar refractivity (Wildman–Crippen MR) is 73.6 cm³/mol. The first-order chi connectivity index (χ1) is 8.09. The van der Waals surface area contributed by atoms with Crippen molar-refractivity contribution in [1.29, 1.82) is 0 Å². The highest BCUT2D eigenvalue weighted by Crippen LogP contribution is 2.50. The lowest BCUT2D eigenvalue weighted by Gasteiger charge is -2.34. The van der Waals surface area contributed by atoms with Gasteiger partial charge in [0, 0.05) is 16.4 Å². The molecule has 2 nitrogen and oxygen atoms in total. The summed E-state index contributed by atoms with van der Waals surface area (Å²) in [6.07, 6.45) is 2.74. The maximum atomic E-state index is 10.7. The van der Waals surface area contributed by atoms with E-state index in [9.17, 15) is 5.11 Å². The van der Waals surface area contributed by atoms with Gasteiger partial charge >= 0.3 is 0 Å². The van der Waals surface area contributed by atoms with Crippen molar-refractivity contribution in [2.24, 2.45) is 17.1 Å². The number of rotatable bonds is 3. The van der Waals surface area contributed by atoms with Gasteiger partial charge in [-0.05, 0) is 30.4 Å². The summed E-state index contributed by atoms with van der Waals surface area (Å²) < 4.78 is 0.972. The van der Waals surface area contributed by atoms with Crippen molar-refractivity contribution >= 4 is 15.9 Å². The number of hydrogen-bond donors (Lipinski definition) is 2. The van der Waals surface area contributed by atoms with Gasteiger partial charge in [-0.25, -0.2) is 0 Å². The smallest absolute Gasteiger partial charge is 0.0869 e. The van der Waals surface area contributed by atoms with Crippen LogP contribution in [0.25, 0.3) is 0 Å². The molecular weight excluding hydrogens is 278 g/mol. The molecule has 0 saturated heterocycles. The molecule has 0 amide bonds. The Hall–Kier alpha value is -0.380. The van der Waals surface area contributed by atoms with E-state index in [-0.39, 0.29) is 5.41 Å². The van der Waals surface area contributed by atoms with Gasteiger partial charge in [0.1, 0.15) is 0 Å². The van der Waals surface area contributed by atoms with E-state index in [1.165, 1.54) is 6.42 Å². The standard InChI is InChI=1S/C14H20BrNO/c1-10-6-7-14(8-10,9-16)13(17)11-4-2-3-5-12(11)15/h2-5,10,13,17H,6-9,16H2,1H3. The third-order valence-electron chi connectivity index (χ3n) is 4.08. The second kappa shape index (κ2) is 5.09. The molecule has 94 valence electrons. The minimum absolute atomic E-state index is 0.136. The van der Waals surface area contributed by atoms with Crippen LogP contribution >= 0.6 is 15.9 Å². The van der Waals surface area contributed by atoms with Crippen molar-refractivity contribution < 1.29 is 5.11 Å². The second-order valence-corrected chi connectivity index (χ2v) is 6.19. The molecular formula is C14H20BrNO. The molecule has 0 aliphatic heterocycles. The molecule has 1 aromatic carbocycles. The van der Waals surface area contributed by atoms with Crippen molar-refractivity contribution in [3.63, 3.8) is 0 Å². The third-order valence-corrected chi connectivity index (χ3v) is 4.80. The Balaban J connectivity index is 2.30. The van der Waals surface area contributed by atoms with E-state index < -0.39 is 6.10 Å². The van der Waals surface area contributed by atoms with Crippen LogP contribution < -0.4 is 5.73 Å². The summed E-state index contributed by atoms with van der Waals surface area (Å²) in [4.78, 5) is 0. The molecule has 0 radical (unpaired) electrons. The molecule has 3 unspecified atom stereocenters. The molecule has 3 heteroatoms. The van der Waals surface area contributed by atoms with Crippen molar-refractivity contribution in [1.82, 2.24) is 0 Å². The van der Waals surface area contributed by atoms with E-state index in [1.54, 1.807) is 0 Å². The van der Waals surface area contributed by atoms with Gasteiger partial charge in [-0.1, -0.05) is 47.5 Å². The minimum Gasteiger partial charge on any atom is -0.388 e. The van der Waals surface area contributed by atoms with Gasteiger partial charge in [0.2, 0.25) is 0 Å². The van der Waals surface area contributed by atoms with Crippen molar-refractivity contribution in [3.05, 3.63) is 34.3 Å². The SMILES string of the molecule is CC1CCC(CN)(C(O)c2ccccc2Br)C1. The van der Waals surface area contributed by atoms with Gasteiger partial charge in [0.05, 0.1) is 6.10 Å². The topological polar surface area (TPSA) is 46.2 Å². The van der Waals surface area contributed by atoms with Gasteiger partial charge in [0.15, 0.2) is 0 Å². The molecule has 17 heavy (non-hydrogen) atoms. The highest BCUT2D eigenvalue weighted by molar-refractivity contribution is 9.10. The average Bonchev–Trinajstić information content (AvgIpc) is 2.72. The Morgan fingerprint density at radius 1 is 1.53 bits per heavy atom. The van der Waals surface area contributed by atoms with E-state index in [4.69, 9.17) is 5.73 Å². The van der Waals surface area contributed by atoms with Gasteiger partial charge in [0.25, 0.3) is 0 Å². The fourth-order valence-corrected chi connectivity index (χ4v) is 3.51. The number of halogens is 1. The molecule has 3 N–H and O–H groups in total. The summed E-state index contributed by atoms with van der Waals surface area (Å²) in [6.45, 7) is 2.80. The number of nitrogens with two attached hydrogens (primary N) is 1. The zero-order chi connectivity index (χ0) is 12.5. The quantitative estimate of drug-likeness (QED) is 0.900. The zero-order valence-electron chi connectivity index (χ0n) is 10.2. The van der Waals surface area contributed by atoms with Gasteiger partial charge < -0.3 is 10.8 Å². The minimum atomic E-state index is -0.465. The zero-order valence-corrected chi connectivity index (χ0v) is 11.8. The molecule has 0 heterocycles. The van der Waals surface area contributed by atoms with E-state index in [2.05, 4.69) is 22.9 Å². The first kappa shape index (κ1) is 13.1. The number of hydrogen-bond acceptors (Lipinski definition) is 2. The normalized spacial score (nSPS) is 30.5. The van der Waals surface area contributed by atoms with Crippen LogP contribution in [0.5, 0.6) is 0 Å². The number of benzene rings is 1. The van der Waals surface area contributed by atoms with Crippen LogP contribution in [0.15, 0.2) is 28.7 Å². The largest absolute Gasteiger partial charge is 0.388 e.